The van der Waals surface area contributed by atoms with Crippen molar-refractivity contribution >= 4 is 28.4 Å². The van der Waals surface area contributed by atoms with Crippen LogP contribution < -0.4 is 15.1 Å². The fourth-order valence-electron chi connectivity index (χ4n) is 4.56. The van der Waals surface area contributed by atoms with Crippen LogP contribution in [0.3, 0.4) is 0 Å². The van der Waals surface area contributed by atoms with Crippen LogP contribution in [0.1, 0.15) is 23.2 Å². The molecule has 162 valence electrons. The van der Waals surface area contributed by atoms with Gasteiger partial charge in [0.1, 0.15) is 18.0 Å². The molecule has 8 nitrogen and oxygen atoms in total. The molecule has 0 bridgehead atoms. The Morgan fingerprint density at radius 3 is 2.71 bits per heavy atom. The number of fused-ring (bicyclic) bond motifs is 1. The second-order valence-corrected chi connectivity index (χ2v) is 8.26. The Morgan fingerprint density at radius 1 is 1.10 bits per heavy atom. The zero-order chi connectivity index (χ0) is 21.2. The van der Waals surface area contributed by atoms with Crippen molar-refractivity contribution in [3.8, 4) is 0 Å². The predicted octanol–water partition coefficient (Wildman–Crippen LogP) is 2.20. The van der Waals surface area contributed by atoms with Crippen molar-refractivity contribution in [2.24, 2.45) is 7.05 Å². The van der Waals surface area contributed by atoms with Gasteiger partial charge in [-0.1, -0.05) is 18.2 Å². The highest BCUT2D eigenvalue weighted by Crippen LogP contribution is 2.23. The van der Waals surface area contributed by atoms with E-state index in [2.05, 4.69) is 31.2 Å². The molecule has 1 amide bonds. The van der Waals surface area contributed by atoms with Gasteiger partial charge in [0.15, 0.2) is 0 Å². The predicted molar refractivity (Wildman–Crippen MR) is 121 cm³/mol. The van der Waals surface area contributed by atoms with Gasteiger partial charge >= 0.3 is 0 Å². The Kier molecular flexibility index (Phi) is 5.46. The van der Waals surface area contributed by atoms with Crippen LogP contribution in [0.25, 0.3) is 10.9 Å². The third kappa shape index (κ3) is 4.07. The first-order chi connectivity index (χ1) is 15.2. The van der Waals surface area contributed by atoms with Gasteiger partial charge in [-0.05, 0) is 18.9 Å². The number of piperidine rings is 1. The molecule has 2 fully saturated rings. The van der Waals surface area contributed by atoms with Crippen molar-refractivity contribution in [2.75, 3.05) is 49.2 Å². The summed E-state index contributed by atoms with van der Waals surface area (Å²) in [7, 11) is 1.97. The minimum Gasteiger partial charge on any atom is -0.378 e. The fraction of sp³-hybridized carbons (Fsp3) is 0.435. The van der Waals surface area contributed by atoms with E-state index in [1.807, 2.05) is 42.1 Å². The Hall–Kier alpha value is -3.13. The van der Waals surface area contributed by atoms with Crippen molar-refractivity contribution in [3.63, 3.8) is 0 Å². The quantitative estimate of drug-likeness (QED) is 0.698. The van der Waals surface area contributed by atoms with Crippen LogP contribution >= 0.6 is 0 Å². The number of benzene rings is 1. The van der Waals surface area contributed by atoms with Crippen LogP contribution in [0, 0.1) is 0 Å². The van der Waals surface area contributed by atoms with Gasteiger partial charge in [0, 0.05) is 62.4 Å². The lowest BCUT2D eigenvalue weighted by Gasteiger charge is -2.34. The summed E-state index contributed by atoms with van der Waals surface area (Å²) >= 11 is 0. The Bertz CT molecular complexity index is 1070. The molecule has 0 radical (unpaired) electrons. The van der Waals surface area contributed by atoms with Crippen LogP contribution in [0.4, 0.5) is 11.6 Å². The number of rotatable bonds is 4. The molecule has 2 aliphatic heterocycles. The topological polar surface area (TPSA) is 75.5 Å². The number of morpholine rings is 1. The van der Waals surface area contributed by atoms with Crippen LogP contribution in [0.2, 0.25) is 0 Å². The van der Waals surface area contributed by atoms with E-state index in [1.54, 1.807) is 6.33 Å². The van der Waals surface area contributed by atoms with Crippen molar-refractivity contribution in [2.45, 2.75) is 18.9 Å². The minimum atomic E-state index is -0.0136. The number of nitrogens with one attached hydrogen (secondary N) is 1. The molecule has 1 atom stereocenters. The standard InChI is InChI=1S/C23H28N6O2/c1-27-15-19(18-6-2-3-7-20(18)27)23(30)26-17-5-4-8-29(14-17)22-13-21(24-16-25-22)28-9-11-31-12-10-28/h2-3,6-7,13,15-17H,4-5,8-12,14H2,1H3,(H,26,30). The number of aryl methyl sites for hydroxylation is 1. The van der Waals surface area contributed by atoms with Gasteiger partial charge in [-0.25, -0.2) is 9.97 Å². The molecule has 0 saturated carbocycles. The molecule has 5 rings (SSSR count). The number of carbonyl (C=O) groups is 1. The Balaban J connectivity index is 1.29. The zero-order valence-corrected chi connectivity index (χ0v) is 17.8. The van der Waals surface area contributed by atoms with Crippen LogP contribution in [-0.4, -0.2) is 65.9 Å². The molecule has 0 spiro atoms. The van der Waals surface area contributed by atoms with E-state index in [0.29, 0.717) is 0 Å². The van der Waals surface area contributed by atoms with E-state index < -0.39 is 0 Å². The Labute approximate surface area is 181 Å². The highest BCUT2D eigenvalue weighted by Gasteiger charge is 2.25. The lowest BCUT2D eigenvalue weighted by Crippen LogP contribution is -2.48. The average molecular weight is 421 g/mol. The van der Waals surface area contributed by atoms with Gasteiger partial charge in [0.2, 0.25) is 0 Å². The molecule has 3 aromatic rings. The second-order valence-electron chi connectivity index (χ2n) is 8.26. The maximum atomic E-state index is 13.1. The third-order valence-corrected chi connectivity index (χ3v) is 6.20. The number of aromatic nitrogens is 3. The first kappa shape index (κ1) is 19.8. The normalized spacial score (nSPS) is 19.6. The van der Waals surface area contributed by atoms with Gasteiger partial charge in [-0.2, -0.15) is 0 Å². The first-order valence-corrected chi connectivity index (χ1v) is 10.9. The van der Waals surface area contributed by atoms with Gasteiger partial charge in [-0.15, -0.1) is 0 Å². The summed E-state index contributed by atoms with van der Waals surface area (Å²) in [5.74, 6) is 1.84. The van der Waals surface area contributed by atoms with Gasteiger partial charge < -0.3 is 24.4 Å². The highest BCUT2D eigenvalue weighted by atomic mass is 16.5. The van der Waals surface area contributed by atoms with E-state index >= 15 is 0 Å². The van der Waals surface area contributed by atoms with E-state index in [1.165, 1.54) is 0 Å². The minimum absolute atomic E-state index is 0.0136. The molecule has 8 heteroatoms. The number of amides is 1. The molecule has 2 aromatic heterocycles. The summed E-state index contributed by atoms with van der Waals surface area (Å²) in [4.78, 5) is 26.5. The fourth-order valence-corrected chi connectivity index (χ4v) is 4.56. The number of para-hydroxylation sites is 1. The molecular formula is C23H28N6O2. The van der Waals surface area contributed by atoms with E-state index in [-0.39, 0.29) is 11.9 Å². The van der Waals surface area contributed by atoms with Crippen molar-refractivity contribution in [1.29, 1.82) is 0 Å². The highest BCUT2D eigenvalue weighted by molar-refractivity contribution is 6.07. The summed E-state index contributed by atoms with van der Waals surface area (Å²) in [6.07, 6.45) is 5.53. The summed E-state index contributed by atoms with van der Waals surface area (Å²) < 4.78 is 7.45. The maximum absolute atomic E-state index is 13.1. The first-order valence-electron chi connectivity index (χ1n) is 10.9. The van der Waals surface area contributed by atoms with E-state index in [4.69, 9.17) is 4.74 Å². The number of anilines is 2. The number of nitrogens with zero attached hydrogens (tertiary/aromatic N) is 5. The third-order valence-electron chi connectivity index (χ3n) is 6.20. The maximum Gasteiger partial charge on any atom is 0.253 e. The van der Waals surface area contributed by atoms with Crippen molar-refractivity contribution < 1.29 is 9.53 Å². The summed E-state index contributed by atoms with van der Waals surface area (Å²) in [5, 5.41) is 4.24. The lowest BCUT2D eigenvalue weighted by atomic mass is 10.0. The molecule has 2 aliphatic rings. The number of carbonyl (C=O) groups excluding carboxylic acids is 1. The SMILES string of the molecule is Cn1cc(C(=O)NC2CCCN(c3cc(N4CCOCC4)ncn3)C2)c2ccccc21. The largest absolute Gasteiger partial charge is 0.378 e. The number of hydrogen-bond donors (Lipinski definition) is 1. The van der Waals surface area contributed by atoms with Crippen LogP contribution in [-0.2, 0) is 11.8 Å². The molecular weight excluding hydrogens is 392 g/mol. The molecule has 31 heavy (non-hydrogen) atoms. The van der Waals surface area contributed by atoms with Crippen molar-refractivity contribution in [3.05, 3.63) is 48.4 Å². The Morgan fingerprint density at radius 2 is 1.87 bits per heavy atom. The van der Waals surface area contributed by atoms with Gasteiger partial charge in [0.25, 0.3) is 5.91 Å². The molecule has 1 N–H and O–H groups in total. The second kappa shape index (κ2) is 8.55. The van der Waals surface area contributed by atoms with Crippen molar-refractivity contribution in [1.82, 2.24) is 19.9 Å². The number of hydrogen-bond acceptors (Lipinski definition) is 6. The molecule has 1 aromatic carbocycles. The molecule has 1 unspecified atom stereocenters. The van der Waals surface area contributed by atoms with Gasteiger partial charge in [0.05, 0.1) is 18.8 Å². The van der Waals surface area contributed by atoms with Gasteiger partial charge in [-0.3, -0.25) is 4.79 Å². The summed E-state index contributed by atoms with van der Waals surface area (Å²) in [5.41, 5.74) is 1.79. The van der Waals surface area contributed by atoms with Crippen LogP contribution in [0.5, 0.6) is 0 Å². The molecule has 0 aliphatic carbocycles. The number of ether oxygens (including phenoxy) is 1. The summed E-state index contributed by atoms with van der Waals surface area (Å²) in [6.45, 7) is 4.83. The monoisotopic (exact) mass is 420 g/mol. The van der Waals surface area contributed by atoms with E-state index in [9.17, 15) is 4.79 Å². The van der Waals surface area contributed by atoms with E-state index in [0.717, 1.165) is 80.3 Å². The van der Waals surface area contributed by atoms with Crippen LogP contribution in [0.15, 0.2) is 42.9 Å². The molecule has 4 heterocycles. The summed E-state index contributed by atoms with van der Waals surface area (Å²) in [6, 6.07) is 10.2. The molecule has 2 saturated heterocycles. The lowest BCUT2D eigenvalue weighted by molar-refractivity contribution is 0.0934. The average Bonchev–Trinajstić information content (AvgIpc) is 3.17. The smallest absolute Gasteiger partial charge is 0.253 e. The zero-order valence-electron chi connectivity index (χ0n) is 17.8.